The molecule has 1 aromatic rings. The van der Waals surface area contributed by atoms with E-state index in [1.165, 1.54) is 12.8 Å². The summed E-state index contributed by atoms with van der Waals surface area (Å²) in [4.78, 5) is 30.3. The Morgan fingerprint density at radius 2 is 1.87 bits per heavy atom. The molecule has 0 atom stereocenters. The van der Waals surface area contributed by atoms with E-state index in [-0.39, 0.29) is 17.7 Å². The first-order valence-corrected chi connectivity index (χ1v) is 8.47. The smallest absolute Gasteiger partial charge is 0.277 e. The topological polar surface area (TPSA) is 69.9 Å². The minimum atomic E-state index is -0.146. The average molecular weight is 318 g/mol. The summed E-state index contributed by atoms with van der Waals surface area (Å²) in [5.74, 6) is 0.979. The van der Waals surface area contributed by atoms with Crippen LogP contribution >= 0.6 is 0 Å². The SMILES string of the molecule is O=C(c1cc(CN2CCCC2)on1)N1CCN(C(=O)C2CC2)C1. The molecule has 0 N–H and O–H groups in total. The first-order valence-electron chi connectivity index (χ1n) is 8.47. The lowest BCUT2D eigenvalue weighted by atomic mass is 10.3. The van der Waals surface area contributed by atoms with E-state index in [1.807, 2.05) is 0 Å². The van der Waals surface area contributed by atoms with Gasteiger partial charge in [-0.05, 0) is 38.8 Å². The Hall–Kier alpha value is -1.89. The number of hydrogen-bond donors (Lipinski definition) is 0. The number of carbonyl (C=O) groups is 2. The summed E-state index contributed by atoms with van der Waals surface area (Å²) < 4.78 is 5.31. The lowest BCUT2D eigenvalue weighted by molar-refractivity contribution is -0.131. The van der Waals surface area contributed by atoms with Crippen LogP contribution in [0.3, 0.4) is 0 Å². The second kappa shape index (κ2) is 5.96. The van der Waals surface area contributed by atoms with E-state index in [2.05, 4.69) is 10.1 Å². The van der Waals surface area contributed by atoms with Gasteiger partial charge < -0.3 is 14.3 Å². The molecule has 2 saturated heterocycles. The molecular weight excluding hydrogens is 296 g/mol. The van der Waals surface area contributed by atoms with Gasteiger partial charge in [-0.25, -0.2) is 0 Å². The number of likely N-dealkylation sites (tertiary alicyclic amines) is 1. The summed E-state index contributed by atoms with van der Waals surface area (Å²) in [5.41, 5.74) is 0.347. The fourth-order valence-electron chi connectivity index (χ4n) is 3.33. The fourth-order valence-corrected chi connectivity index (χ4v) is 3.33. The molecule has 2 amide bonds. The second-order valence-electron chi connectivity index (χ2n) is 6.75. The van der Waals surface area contributed by atoms with Crippen molar-refractivity contribution in [2.75, 3.05) is 32.8 Å². The summed E-state index contributed by atoms with van der Waals surface area (Å²) in [5, 5.41) is 3.92. The van der Waals surface area contributed by atoms with Crippen LogP contribution in [0.1, 0.15) is 41.9 Å². The van der Waals surface area contributed by atoms with Crippen molar-refractivity contribution in [3.63, 3.8) is 0 Å². The molecule has 0 spiro atoms. The Labute approximate surface area is 135 Å². The molecule has 1 aromatic heterocycles. The third-order valence-electron chi connectivity index (χ3n) is 4.86. The normalized spacial score (nSPS) is 22.1. The van der Waals surface area contributed by atoms with E-state index in [0.29, 0.717) is 32.0 Å². The van der Waals surface area contributed by atoms with E-state index >= 15 is 0 Å². The van der Waals surface area contributed by atoms with E-state index in [1.54, 1.807) is 15.9 Å². The van der Waals surface area contributed by atoms with Gasteiger partial charge in [0.15, 0.2) is 11.5 Å². The van der Waals surface area contributed by atoms with E-state index in [9.17, 15) is 9.59 Å². The first-order chi connectivity index (χ1) is 11.2. The van der Waals surface area contributed by atoms with Gasteiger partial charge in [0.05, 0.1) is 13.2 Å². The Kier molecular flexibility index (Phi) is 3.80. The van der Waals surface area contributed by atoms with Crippen molar-refractivity contribution in [3.8, 4) is 0 Å². The highest BCUT2D eigenvalue weighted by Gasteiger charge is 2.37. The Morgan fingerprint density at radius 1 is 1.13 bits per heavy atom. The van der Waals surface area contributed by atoms with Gasteiger partial charge in [-0.3, -0.25) is 14.5 Å². The first kappa shape index (κ1) is 14.7. The molecule has 2 aliphatic heterocycles. The largest absolute Gasteiger partial charge is 0.359 e. The van der Waals surface area contributed by atoms with Crippen molar-refractivity contribution in [2.24, 2.45) is 5.92 Å². The van der Waals surface area contributed by atoms with Crippen LogP contribution in [0, 0.1) is 5.92 Å². The van der Waals surface area contributed by atoms with Crippen molar-refractivity contribution in [2.45, 2.75) is 32.2 Å². The van der Waals surface area contributed by atoms with Gasteiger partial charge in [-0.15, -0.1) is 0 Å². The minimum absolute atomic E-state index is 0.146. The van der Waals surface area contributed by atoms with Crippen molar-refractivity contribution in [3.05, 3.63) is 17.5 Å². The van der Waals surface area contributed by atoms with Gasteiger partial charge in [0.2, 0.25) is 5.91 Å². The van der Waals surface area contributed by atoms with Crippen LogP contribution in [-0.4, -0.2) is 64.5 Å². The highest BCUT2D eigenvalue weighted by atomic mass is 16.5. The third-order valence-corrected chi connectivity index (χ3v) is 4.86. The molecule has 3 heterocycles. The maximum Gasteiger partial charge on any atom is 0.277 e. The van der Waals surface area contributed by atoms with Crippen LogP contribution < -0.4 is 0 Å². The van der Waals surface area contributed by atoms with Gasteiger partial charge in [0, 0.05) is 25.1 Å². The summed E-state index contributed by atoms with van der Waals surface area (Å²) in [7, 11) is 0. The zero-order valence-electron chi connectivity index (χ0n) is 13.2. The van der Waals surface area contributed by atoms with Gasteiger partial charge >= 0.3 is 0 Å². The van der Waals surface area contributed by atoms with Crippen LogP contribution in [0.25, 0.3) is 0 Å². The number of rotatable bonds is 4. The number of hydrogen-bond acceptors (Lipinski definition) is 5. The molecule has 7 nitrogen and oxygen atoms in total. The number of nitrogens with zero attached hydrogens (tertiary/aromatic N) is 4. The van der Waals surface area contributed by atoms with Crippen molar-refractivity contribution in [1.29, 1.82) is 0 Å². The highest BCUT2D eigenvalue weighted by molar-refractivity contribution is 5.93. The molecule has 0 aromatic carbocycles. The van der Waals surface area contributed by atoms with E-state index in [0.717, 1.165) is 31.7 Å². The molecule has 0 unspecified atom stereocenters. The lowest BCUT2D eigenvalue weighted by Gasteiger charge is -2.17. The van der Waals surface area contributed by atoms with Crippen LogP contribution in [0.2, 0.25) is 0 Å². The Bertz CT molecular complexity index is 604. The molecule has 4 rings (SSSR count). The van der Waals surface area contributed by atoms with Crippen molar-refractivity contribution >= 4 is 11.8 Å². The molecule has 7 heteroatoms. The third kappa shape index (κ3) is 3.10. The van der Waals surface area contributed by atoms with Crippen LogP contribution in [-0.2, 0) is 11.3 Å². The van der Waals surface area contributed by atoms with Gasteiger partial charge in [0.1, 0.15) is 0 Å². The molecule has 3 fully saturated rings. The van der Waals surface area contributed by atoms with Crippen LogP contribution in [0.4, 0.5) is 0 Å². The minimum Gasteiger partial charge on any atom is -0.359 e. The number of aromatic nitrogens is 1. The van der Waals surface area contributed by atoms with Crippen LogP contribution in [0.5, 0.6) is 0 Å². The number of carbonyl (C=O) groups excluding carboxylic acids is 2. The molecule has 124 valence electrons. The zero-order valence-corrected chi connectivity index (χ0v) is 13.2. The molecule has 23 heavy (non-hydrogen) atoms. The van der Waals surface area contributed by atoms with Gasteiger partial charge in [-0.1, -0.05) is 5.16 Å². The molecule has 3 aliphatic rings. The highest BCUT2D eigenvalue weighted by Crippen LogP contribution is 2.31. The van der Waals surface area contributed by atoms with E-state index in [4.69, 9.17) is 4.52 Å². The quantitative estimate of drug-likeness (QED) is 0.826. The second-order valence-corrected chi connectivity index (χ2v) is 6.75. The van der Waals surface area contributed by atoms with Crippen molar-refractivity contribution in [1.82, 2.24) is 19.9 Å². The van der Waals surface area contributed by atoms with Crippen LogP contribution in [0.15, 0.2) is 10.6 Å². The Morgan fingerprint density at radius 3 is 2.61 bits per heavy atom. The molecular formula is C16H22N4O3. The fraction of sp³-hybridized carbons (Fsp3) is 0.688. The lowest BCUT2D eigenvalue weighted by Crippen LogP contribution is -2.34. The van der Waals surface area contributed by atoms with Crippen molar-refractivity contribution < 1.29 is 14.1 Å². The molecule has 1 saturated carbocycles. The average Bonchev–Trinajstić information content (AvgIpc) is 3.00. The summed E-state index contributed by atoms with van der Waals surface area (Å²) in [6.07, 6.45) is 4.43. The molecule has 0 bridgehead atoms. The summed E-state index contributed by atoms with van der Waals surface area (Å²) in [6, 6.07) is 1.74. The maximum atomic E-state index is 12.5. The molecule has 0 radical (unpaired) electrons. The Balaban J connectivity index is 1.35. The predicted octanol–water partition coefficient (Wildman–Crippen LogP) is 0.922. The maximum absolute atomic E-state index is 12.5. The van der Waals surface area contributed by atoms with Gasteiger partial charge in [0.25, 0.3) is 5.91 Å². The summed E-state index contributed by atoms with van der Waals surface area (Å²) >= 11 is 0. The zero-order chi connectivity index (χ0) is 15.8. The van der Waals surface area contributed by atoms with Gasteiger partial charge in [-0.2, -0.15) is 0 Å². The standard InChI is InChI=1S/C16H22N4O3/c21-15(12-3-4-12)19-7-8-20(11-19)16(22)14-9-13(23-17-14)10-18-5-1-2-6-18/h9,12H,1-8,10-11H2. The molecule has 1 aliphatic carbocycles. The number of amides is 2. The van der Waals surface area contributed by atoms with E-state index < -0.39 is 0 Å². The summed E-state index contributed by atoms with van der Waals surface area (Å²) in [6.45, 7) is 4.45. The predicted molar refractivity (Wildman–Crippen MR) is 81.4 cm³/mol. The monoisotopic (exact) mass is 318 g/mol.